The summed E-state index contributed by atoms with van der Waals surface area (Å²) in [6.45, 7) is 4.82. The van der Waals surface area contributed by atoms with Crippen molar-refractivity contribution in [2.24, 2.45) is 0 Å². The number of nitrogens with one attached hydrogen (secondary N) is 1. The molecule has 9 heteroatoms. The van der Waals surface area contributed by atoms with Gasteiger partial charge in [0.15, 0.2) is 11.0 Å². The van der Waals surface area contributed by atoms with Gasteiger partial charge in [-0.3, -0.25) is 9.36 Å². The summed E-state index contributed by atoms with van der Waals surface area (Å²) in [7, 11) is 0. The predicted octanol–water partition coefficient (Wildman–Crippen LogP) is 4.24. The lowest BCUT2D eigenvalue weighted by Crippen LogP contribution is -2.24. The van der Waals surface area contributed by atoms with Gasteiger partial charge in [-0.15, -0.1) is 16.8 Å². The van der Waals surface area contributed by atoms with Gasteiger partial charge in [-0.1, -0.05) is 41.6 Å². The third-order valence-corrected chi connectivity index (χ3v) is 5.24. The summed E-state index contributed by atoms with van der Waals surface area (Å²) in [4.78, 5) is 12.2. The molecule has 0 radical (unpaired) electrons. The van der Waals surface area contributed by atoms with Crippen LogP contribution in [-0.2, 0) is 24.5 Å². The topological polar surface area (TPSA) is 69.0 Å². The minimum Gasteiger partial charge on any atom is -0.486 e. The highest BCUT2D eigenvalue weighted by Gasteiger charge is 2.14. The van der Waals surface area contributed by atoms with Gasteiger partial charge in [0.05, 0.1) is 5.75 Å². The van der Waals surface area contributed by atoms with Gasteiger partial charge in [0.1, 0.15) is 18.2 Å². The average molecular weight is 447 g/mol. The first-order valence-corrected chi connectivity index (χ1v) is 10.5. The second-order valence-electron chi connectivity index (χ2n) is 6.23. The molecule has 30 heavy (non-hydrogen) atoms. The van der Waals surface area contributed by atoms with E-state index in [4.69, 9.17) is 16.3 Å². The van der Waals surface area contributed by atoms with Crippen molar-refractivity contribution < 1.29 is 13.9 Å². The van der Waals surface area contributed by atoms with Gasteiger partial charge in [0, 0.05) is 18.1 Å². The Labute approximate surface area is 183 Å². The lowest BCUT2D eigenvalue weighted by molar-refractivity contribution is -0.118. The molecule has 1 heterocycles. The zero-order valence-corrected chi connectivity index (χ0v) is 17.6. The number of rotatable bonds is 10. The van der Waals surface area contributed by atoms with E-state index in [2.05, 4.69) is 22.1 Å². The Bertz CT molecular complexity index is 993. The van der Waals surface area contributed by atoms with E-state index in [-0.39, 0.29) is 24.1 Å². The smallest absolute Gasteiger partial charge is 0.230 e. The summed E-state index contributed by atoms with van der Waals surface area (Å²) in [6, 6.07) is 13.0. The summed E-state index contributed by atoms with van der Waals surface area (Å²) < 4.78 is 20.5. The molecule has 0 aliphatic heterocycles. The Morgan fingerprint density at radius 1 is 1.20 bits per heavy atom. The number of aromatic nitrogens is 3. The molecule has 1 N–H and O–H groups in total. The molecule has 3 aromatic rings. The van der Waals surface area contributed by atoms with E-state index in [0.717, 1.165) is 5.56 Å². The molecule has 0 unspecified atom stereocenters. The van der Waals surface area contributed by atoms with Crippen LogP contribution < -0.4 is 10.1 Å². The van der Waals surface area contributed by atoms with Gasteiger partial charge in [0.2, 0.25) is 5.91 Å². The highest BCUT2D eigenvalue weighted by Crippen LogP contribution is 2.19. The number of thioether (sulfide) groups is 1. The van der Waals surface area contributed by atoms with Crippen molar-refractivity contribution in [3.05, 3.63) is 83.4 Å². The fourth-order valence-electron chi connectivity index (χ4n) is 2.51. The lowest BCUT2D eigenvalue weighted by Gasteiger charge is -2.09. The van der Waals surface area contributed by atoms with Crippen LogP contribution in [0.2, 0.25) is 5.02 Å². The normalized spacial score (nSPS) is 10.6. The molecule has 156 valence electrons. The van der Waals surface area contributed by atoms with E-state index in [1.54, 1.807) is 30.3 Å². The zero-order chi connectivity index (χ0) is 21.3. The first kappa shape index (κ1) is 21.9. The molecule has 0 bridgehead atoms. The second kappa shape index (κ2) is 10.8. The molecule has 0 aliphatic rings. The monoisotopic (exact) mass is 446 g/mol. The fraction of sp³-hybridized carbons (Fsp3) is 0.190. The first-order chi connectivity index (χ1) is 14.5. The van der Waals surface area contributed by atoms with Gasteiger partial charge < -0.3 is 10.1 Å². The summed E-state index contributed by atoms with van der Waals surface area (Å²) in [5, 5.41) is 12.4. The van der Waals surface area contributed by atoms with E-state index >= 15 is 0 Å². The number of hydrogen-bond donors (Lipinski definition) is 1. The van der Waals surface area contributed by atoms with Crippen molar-refractivity contribution >= 4 is 29.3 Å². The van der Waals surface area contributed by atoms with Crippen molar-refractivity contribution in [3.8, 4) is 5.75 Å². The van der Waals surface area contributed by atoms with E-state index in [1.165, 1.54) is 23.9 Å². The maximum absolute atomic E-state index is 13.0. The Hall–Kier alpha value is -2.84. The SMILES string of the molecule is C=CCn1c(COc2ccc(F)cc2)nnc1SCC(=O)NCc1ccc(Cl)cc1. The molecule has 0 saturated heterocycles. The summed E-state index contributed by atoms with van der Waals surface area (Å²) in [6.07, 6.45) is 1.72. The van der Waals surface area contributed by atoms with E-state index in [1.807, 2.05) is 16.7 Å². The number of carbonyl (C=O) groups is 1. The number of carbonyl (C=O) groups excluding carboxylic acids is 1. The Balaban J connectivity index is 1.54. The third kappa shape index (κ3) is 6.33. The van der Waals surface area contributed by atoms with Crippen LogP contribution in [0.1, 0.15) is 11.4 Å². The number of benzene rings is 2. The molecule has 3 rings (SSSR count). The maximum atomic E-state index is 13.0. The summed E-state index contributed by atoms with van der Waals surface area (Å²) >= 11 is 7.14. The summed E-state index contributed by atoms with van der Waals surface area (Å²) in [5.74, 6) is 0.864. The Morgan fingerprint density at radius 2 is 1.93 bits per heavy atom. The van der Waals surface area contributed by atoms with Crippen LogP contribution in [0.3, 0.4) is 0 Å². The Morgan fingerprint density at radius 3 is 2.63 bits per heavy atom. The number of allylic oxidation sites excluding steroid dienone is 1. The van der Waals surface area contributed by atoms with Crippen LogP contribution in [-0.4, -0.2) is 26.4 Å². The Kier molecular flexibility index (Phi) is 7.87. The number of ether oxygens (including phenoxy) is 1. The molecule has 6 nitrogen and oxygen atoms in total. The lowest BCUT2D eigenvalue weighted by atomic mass is 10.2. The third-order valence-electron chi connectivity index (χ3n) is 4.02. The number of amides is 1. The minimum atomic E-state index is -0.329. The van der Waals surface area contributed by atoms with Gasteiger partial charge in [0.25, 0.3) is 0 Å². The van der Waals surface area contributed by atoms with Crippen LogP contribution in [0.4, 0.5) is 4.39 Å². The number of nitrogens with zero attached hydrogens (tertiary/aromatic N) is 3. The molecule has 2 aromatic carbocycles. The average Bonchev–Trinajstić information content (AvgIpc) is 3.13. The first-order valence-electron chi connectivity index (χ1n) is 9.10. The van der Waals surface area contributed by atoms with E-state index in [9.17, 15) is 9.18 Å². The maximum Gasteiger partial charge on any atom is 0.230 e. The molecule has 0 spiro atoms. The molecular weight excluding hydrogens is 427 g/mol. The van der Waals surface area contributed by atoms with Crippen LogP contribution >= 0.6 is 23.4 Å². The number of halogens is 2. The fourth-order valence-corrected chi connectivity index (χ4v) is 3.43. The van der Waals surface area contributed by atoms with Crippen LogP contribution in [0.25, 0.3) is 0 Å². The molecule has 0 atom stereocenters. The minimum absolute atomic E-state index is 0.118. The van der Waals surface area contributed by atoms with Gasteiger partial charge in [-0.2, -0.15) is 0 Å². The van der Waals surface area contributed by atoms with Gasteiger partial charge in [-0.05, 0) is 42.0 Å². The molecule has 0 aliphatic carbocycles. The van der Waals surface area contributed by atoms with Crippen molar-refractivity contribution in [1.29, 1.82) is 0 Å². The van der Waals surface area contributed by atoms with E-state index in [0.29, 0.717) is 34.8 Å². The highest BCUT2D eigenvalue weighted by atomic mass is 35.5. The zero-order valence-electron chi connectivity index (χ0n) is 16.1. The highest BCUT2D eigenvalue weighted by molar-refractivity contribution is 7.99. The molecular formula is C21H20ClFN4O2S. The largest absolute Gasteiger partial charge is 0.486 e. The predicted molar refractivity (Wildman–Crippen MR) is 115 cm³/mol. The van der Waals surface area contributed by atoms with Crippen molar-refractivity contribution in [3.63, 3.8) is 0 Å². The van der Waals surface area contributed by atoms with Crippen LogP contribution in [0.5, 0.6) is 5.75 Å². The molecule has 1 aromatic heterocycles. The van der Waals surface area contributed by atoms with Gasteiger partial charge >= 0.3 is 0 Å². The quantitative estimate of drug-likeness (QED) is 0.372. The van der Waals surface area contributed by atoms with Crippen molar-refractivity contribution in [1.82, 2.24) is 20.1 Å². The van der Waals surface area contributed by atoms with E-state index < -0.39 is 0 Å². The number of hydrogen-bond acceptors (Lipinski definition) is 5. The van der Waals surface area contributed by atoms with Gasteiger partial charge in [-0.25, -0.2) is 4.39 Å². The van der Waals surface area contributed by atoms with Crippen LogP contribution in [0.15, 0.2) is 66.3 Å². The molecule has 0 saturated carbocycles. The molecule has 1 amide bonds. The van der Waals surface area contributed by atoms with Crippen LogP contribution in [0, 0.1) is 5.82 Å². The standard InChI is InChI=1S/C21H20ClFN4O2S/c1-2-11-27-19(13-29-18-9-7-17(23)8-10-18)25-26-21(27)30-14-20(28)24-12-15-3-5-16(22)6-4-15/h2-10H,1,11-14H2,(H,24,28). The second-order valence-corrected chi connectivity index (χ2v) is 7.61. The summed E-state index contributed by atoms with van der Waals surface area (Å²) in [5.41, 5.74) is 0.966. The molecule has 0 fully saturated rings. The van der Waals surface area contributed by atoms with Crippen molar-refractivity contribution in [2.75, 3.05) is 5.75 Å². The van der Waals surface area contributed by atoms with Crippen molar-refractivity contribution in [2.45, 2.75) is 24.9 Å².